The smallest absolute Gasteiger partial charge is 0.370 e. The van der Waals surface area contributed by atoms with Crippen LogP contribution in [0.15, 0.2) is 24.3 Å². The summed E-state index contributed by atoms with van der Waals surface area (Å²) >= 11 is 1.07. The summed E-state index contributed by atoms with van der Waals surface area (Å²) in [7, 11) is 0. The highest BCUT2D eigenvalue weighted by atomic mass is 32.2. The predicted octanol–water partition coefficient (Wildman–Crippen LogP) is 6.46. The van der Waals surface area contributed by atoms with Gasteiger partial charge in [-0.2, -0.15) is 10.4 Å². The molecule has 0 amide bonds. The van der Waals surface area contributed by atoms with Gasteiger partial charge in [0.05, 0.1) is 5.69 Å². The number of hydrogen-bond acceptors (Lipinski definition) is 6. The van der Waals surface area contributed by atoms with Crippen molar-refractivity contribution in [3.8, 4) is 6.07 Å². The molecule has 0 bridgehead atoms. The fraction of sp³-hybridized carbons (Fsp3) is 0.480. The van der Waals surface area contributed by atoms with Crippen LogP contribution in [0.2, 0.25) is 0 Å². The summed E-state index contributed by atoms with van der Waals surface area (Å²) in [6.45, 7) is 16.4. The molecule has 0 N–H and O–H groups in total. The van der Waals surface area contributed by atoms with E-state index < -0.39 is 11.6 Å². The number of thioether (sulfide) groups is 1. The average molecular weight is 456 g/mol. The number of ether oxygens (including phenoxy) is 2. The van der Waals surface area contributed by atoms with E-state index in [9.17, 15) is 10.1 Å². The first-order chi connectivity index (χ1) is 15.0. The Bertz CT molecular complexity index is 1020. The van der Waals surface area contributed by atoms with Crippen LogP contribution in [0.4, 0.5) is 4.79 Å². The predicted molar refractivity (Wildman–Crippen MR) is 130 cm³/mol. The Balaban J connectivity index is 2.64. The van der Waals surface area contributed by atoms with Crippen molar-refractivity contribution in [2.45, 2.75) is 73.6 Å². The fourth-order valence-electron chi connectivity index (χ4n) is 3.28. The van der Waals surface area contributed by atoms with Crippen LogP contribution in [0, 0.1) is 25.2 Å². The van der Waals surface area contributed by atoms with Crippen LogP contribution in [0.25, 0.3) is 11.3 Å². The zero-order valence-corrected chi connectivity index (χ0v) is 21.1. The van der Waals surface area contributed by atoms with Gasteiger partial charge in [-0.25, -0.2) is 4.79 Å². The Labute approximate surface area is 195 Å². The number of aryl methyl sites for hydroxylation is 2. The molecule has 2 aromatic rings. The molecule has 1 atom stereocenters. The van der Waals surface area contributed by atoms with E-state index in [-0.39, 0.29) is 5.41 Å². The van der Waals surface area contributed by atoms with Crippen LogP contribution >= 0.6 is 11.8 Å². The van der Waals surface area contributed by atoms with Crippen LogP contribution in [-0.4, -0.2) is 27.1 Å². The second-order valence-corrected chi connectivity index (χ2v) is 9.70. The first-order valence-electron chi connectivity index (χ1n) is 10.8. The zero-order chi connectivity index (χ0) is 24.1. The molecular formula is C25H33N3O3S. The largest absolute Gasteiger partial charge is 0.451 e. The fourth-order valence-corrected chi connectivity index (χ4v) is 3.72. The number of nitriles is 1. The summed E-state index contributed by atoms with van der Waals surface area (Å²) in [4.78, 5) is 12.0. The van der Waals surface area contributed by atoms with Crippen molar-refractivity contribution in [1.29, 1.82) is 5.26 Å². The van der Waals surface area contributed by atoms with E-state index in [4.69, 9.17) is 9.47 Å². The van der Waals surface area contributed by atoms with Gasteiger partial charge in [-0.1, -0.05) is 52.0 Å². The summed E-state index contributed by atoms with van der Waals surface area (Å²) in [5, 5.41) is 14.3. The zero-order valence-electron chi connectivity index (χ0n) is 20.3. The second kappa shape index (κ2) is 10.7. The van der Waals surface area contributed by atoms with Crippen LogP contribution in [0.3, 0.4) is 0 Å². The Hall–Kier alpha value is -2.72. The van der Waals surface area contributed by atoms with Crippen molar-refractivity contribution in [2.24, 2.45) is 0 Å². The van der Waals surface area contributed by atoms with Crippen molar-refractivity contribution in [2.75, 3.05) is 5.75 Å². The van der Waals surface area contributed by atoms with Crippen LogP contribution in [0.1, 0.15) is 69.6 Å². The number of allylic oxidation sites excluding steroid dienone is 1. The van der Waals surface area contributed by atoms with Crippen LogP contribution in [0.5, 0.6) is 0 Å². The van der Waals surface area contributed by atoms with Crippen molar-refractivity contribution in [1.82, 2.24) is 9.78 Å². The molecule has 0 fully saturated rings. The number of rotatable bonds is 7. The number of benzene rings is 1. The molecule has 1 aromatic heterocycles. The number of hydrogen-bond donors (Lipinski definition) is 0. The minimum absolute atomic E-state index is 0.00255. The molecule has 0 saturated carbocycles. The highest BCUT2D eigenvalue weighted by Gasteiger charge is 2.25. The summed E-state index contributed by atoms with van der Waals surface area (Å²) in [6, 6.07) is 10.2. The van der Waals surface area contributed by atoms with Gasteiger partial charge in [0.15, 0.2) is 5.76 Å². The standard InChI is InChI=1S/C25H33N3O3S/c1-9-28-22(16(3)17(4)27-28)23(30-18(5)31-24(29)32-10-2)21(15-26)19-11-13-20(14-12-19)25(6,7)8/h11-14,18H,9-10H2,1-8H3/b23-21-. The van der Waals surface area contributed by atoms with E-state index in [1.54, 1.807) is 6.92 Å². The first kappa shape index (κ1) is 25.5. The van der Waals surface area contributed by atoms with Gasteiger partial charge in [-0.3, -0.25) is 4.68 Å². The minimum Gasteiger partial charge on any atom is -0.451 e. The molecule has 1 unspecified atom stereocenters. The van der Waals surface area contributed by atoms with E-state index in [0.717, 1.165) is 28.6 Å². The van der Waals surface area contributed by atoms with Gasteiger partial charge < -0.3 is 9.47 Å². The molecule has 0 saturated heterocycles. The Kier molecular flexibility index (Phi) is 8.57. The molecule has 0 aliphatic rings. The molecule has 0 aliphatic heterocycles. The summed E-state index contributed by atoms with van der Waals surface area (Å²) in [5.74, 6) is 0.969. The first-order valence-corrected chi connectivity index (χ1v) is 11.8. The van der Waals surface area contributed by atoms with Gasteiger partial charge in [-0.05, 0) is 49.1 Å². The lowest BCUT2D eigenvalue weighted by molar-refractivity contribution is -0.0255. The quantitative estimate of drug-likeness (QED) is 0.206. The van der Waals surface area contributed by atoms with E-state index >= 15 is 0 Å². The third-order valence-electron chi connectivity index (χ3n) is 5.13. The van der Waals surface area contributed by atoms with Crippen molar-refractivity contribution in [3.05, 3.63) is 52.3 Å². The number of carbonyl (C=O) groups excluding carboxylic acids is 1. The Morgan fingerprint density at radius 3 is 2.31 bits per heavy atom. The van der Waals surface area contributed by atoms with E-state index in [1.807, 2.05) is 56.6 Å². The molecule has 2 rings (SSSR count). The molecule has 0 aliphatic carbocycles. The highest BCUT2D eigenvalue weighted by molar-refractivity contribution is 8.13. The number of aromatic nitrogens is 2. The molecular weight excluding hydrogens is 422 g/mol. The number of carbonyl (C=O) groups is 1. The Morgan fingerprint density at radius 1 is 1.19 bits per heavy atom. The third-order valence-corrected chi connectivity index (χ3v) is 5.75. The van der Waals surface area contributed by atoms with Crippen molar-refractivity contribution >= 4 is 28.4 Å². The lowest BCUT2D eigenvalue weighted by Crippen LogP contribution is -2.17. The van der Waals surface area contributed by atoms with Crippen LogP contribution < -0.4 is 0 Å². The molecule has 1 aromatic carbocycles. The lowest BCUT2D eigenvalue weighted by atomic mass is 9.86. The summed E-state index contributed by atoms with van der Waals surface area (Å²) < 4.78 is 13.3. The normalized spacial score (nSPS) is 13.2. The molecule has 7 heteroatoms. The topological polar surface area (TPSA) is 77.1 Å². The SMILES string of the molecule is CCSC(=O)OC(C)O/C(=C(/C#N)c1ccc(C(C)(C)C)cc1)c1c(C)c(C)nn1CC. The third kappa shape index (κ3) is 5.95. The maximum Gasteiger partial charge on any atom is 0.370 e. The van der Waals surface area contributed by atoms with E-state index in [2.05, 4.69) is 31.9 Å². The highest BCUT2D eigenvalue weighted by Crippen LogP contribution is 2.33. The maximum absolute atomic E-state index is 12.0. The molecule has 1 heterocycles. The molecule has 6 nitrogen and oxygen atoms in total. The van der Waals surface area contributed by atoms with Gasteiger partial charge in [0.2, 0.25) is 6.29 Å². The van der Waals surface area contributed by atoms with Gasteiger partial charge >= 0.3 is 5.30 Å². The number of nitrogens with zero attached hydrogens (tertiary/aromatic N) is 3. The van der Waals surface area contributed by atoms with Crippen molar-refractivity contribution in [3.63, 3.8) is 0 Å². The van der Waals surface area contributed by atoms with Gasteiger partial charge in [0.25, 0.3) is 0 Å². The molecule has 172 valence electrons. The van der Waals surface area contributed by atoms with Crippen molar-refractivity contribution < 1.29 is 14.3 Å². The van der Waals surface area contributed by atoms with Gasteiger partial charge in [0, 0.05) is 24.8 Å². The Morgan fingerprint density at radius 2 is 1.81 bits per heavy atom. The van der Waals surface area contributed by atoms with E-state index in [1.165, 1.54) is 5.56 Å². The minimum atomic E-state index is -0.867. The van der Waals surface area contributed by atoms with Crippen LogP contribution in [-0.2, 0) is 21.4 Å². The molecule has 0 radical (unpaired) electrons. The average Bonchev–Trinajstić information content (AvgIpc) is 3.01. The van der Waals surface area contributed by atoms with Gasteiger partial charge in [-0.15, -0.1) is 0 Å². The van der Waals surface area contributed by atoms with Gasteiger partial charge in [0.1, 0.15) is 17.3 Å². The monoisotopic (exact) mass is 455 g/mol. The molecule has 32 heavy (non-hydrogen) atoms. The summed E-state index contributed by atoms with van der Waals surface area (Å²) in [5.41, 5.74) is 4.77. The second-order valence-electron chi connectivity index (χ2n) is 8.50. The lowest BCUT2D eigenvalue weighted by Gasteiger charge is -2.21. The summed E-state index contributed by atoms with van der Waals surface area (Å²) in [6.07, 6.45) is -0.867. The maximum atomic E-state index is 12.0. The molecule has 0 spiro atoms. The van der Waals surface area contributed by atoms with E-state index in [0.29, 0.717) is 29.3 Å².